The number of amides is 1. The third kappa shape index (κ3) is 3.26. The number of fused-ring (bicyclic) bond motifs is 1. The van der Waals surface area contributed by atoms with Crippen molar-refractivity contribution in [2.24, 2.45) is 11.8 Å². The highest BCUT2D eigenvalue weighted by molar-refractivity contribution is 5.94. The minimum absolute atomic E-state index is 0.153. The fourth-order valence-corrected chi connectivity index (χ4v) is 3.32. The minimum Gasteiger partial charge on any atom is -0.356 e. The number of aromatic nitrogens is 1. The van der Waals surface area contributed by atoms with Gasteiger partial charge in [0, 0.05) is 17.0 Å². The molecule has 0 radical (unpaired) electrons. The first-order valence-corrected chi connectivity index (χ1v) is 7.91. The second-order valence-corrected chi connectivity index (χ2v) is 6.07. The van der Waals surface area contributed by atoms with Crippen molar-refractivity contribution in [3.8, 4) is 0 Å². The van der Waals surface area contributed by atoms with Crippen LogP contribution in [-0.2, 0) is 4.79 Å². The average molecular weight is 286 g/mol. The Hall–Kier alpha value is -1.84. The molecule has 1 amide bonds. The zero-order chi connectivity index (χ0) is 14.7. The molecule has 1 aromatic heterocycles. The van der Waals surface area contributed by atoms with Crippen LogP contribution in [-0.4, -0.2) is 11.1 Å². The number of anilines is 1. The maximum absolute atomic E-state index is 12.4. The van der Waals surface area contributed by atoms with Gasteiger partial charge in [-0.2, -0.15) is 0 Å². The van der Waals surface area contributed by atoms with Crippen LogP contribution in [0.5, 0.6) is 0 Å². The van der Waals surface area contributed by atoms with Crippen LogP contribution in [0.3, 0.4) is 0 Å². The van der Waals surface area contributed by atoms with Gasteiger partial charge >= 0.3 is 0 Å². The predicted molar refractivity (Wildman–Crippen MR) is 83.0 cm³/mol. The minimum atomic E-state index is 0.153. The number of rotatable bonds is 4. The van der Waals surface area contributed by atoms with Crippen molar-refractivity contribution >= 4 is 22.6 Å². The largest absolute Gasteiger partial charge is 0.356 e. The van der Waals surface area contributed by atoms with E-state index in [9.17, 15) is 4.79 Å². The molecule has 1 fully saturated rings. The van der Waals surface area contributed by atoms with Gasteiger partial charge in [0.1, 0.15) is 0 Å². The molecule has 1 aliphatic carbocycles. The Bertz CT molecular complexity index is 612. The summed E-state index contributed by atoms with van der Waals surface area (Å²) in [6.45, 7) is 2.24. The van der Waals surface area contributed by atoms with Crippen LogP contribution in [0, 0.1) is 11.8 Å². The van der Waals surface area contributed by atoms with E-state index in [1.165, 1.54) is 25.7 Å². The summed E-state index contributed by atoms with van der Waals surface area (Å²) < 4.78 is 5.07. The molecule has 0 spiro atoms. The van der Waals surface area contributed by atoms with E-state index >= 15 is 0 Å². The van der Waals surface area contributed by atoms with E-state index in [0.717, 1.165) is 35.4 Å². The van der Waals surface area contributed by atoms with Crippen LogP contribution in [0.15, 0.2) is 28.9 Å². The Morgan fingerprint density at radius 3 is 2.90 bits per heavy atom. The van der Waals surface area contributed by atoms with Crippen molar-refractivity contribution in [3.05, 3.63) is 24.4 Å². The zero-order valence-corrected chi connectivity index (χ0v) is 12.5. The summed E-state index contributed by atoms with van der Waals surface area (Å²) in [6.07, 6.45) is 8.64. The van der Waals surface area contributed by atoms with E-state index in [1.54, 1.807) is 6.20 Å². The maximum Gasteiger partial charge on any atom is 0.227 e. The van der Waals surface area contributed by atoms with Crippen LogP contribution in [0.2, 0.25) is 0 Å². The Balaban J connectivity index is 1.58. The zero-order valence-electron chi connectivity index (χ0n) is 12.5. The molecule has 1 aliphatic rings. The Morgan fingerprint density at radius 2 is 2.14 bits per heavy atom. The van der Waals surface area contributed by atoms with Gasteiger partial charge in [-0.05, 0) is 49.8 Å². The summed E-state index contributed by atoms with van der Waals surface area (Å²) in [4.78, 5) is 12.4. The predicted octanol–water partition coefficient (Wildman–Crippen LogP) is 4.37. The number of carbonyl (C=O) groups is 1. The fourth-order valence-electron chi connectivity index (χ4n) is 3.32. The topological polar surface area (TPSA) is 55.1 Å². The summed E-state index contributed by atoms with van der Waals surface area (Å²) in [5.41, 5.74) is 1.57. The van der Waals surface area contributed by atoms with Crippen molar-refractivity contribution in [2.45, 2.75) is 45.4 Å². The van der Waals surface area contributed by atoms with Gasteiger partial charge in [0.15, 0.2) is 5.58 Å². The number of nitrogens with zero attached hydrogens (tertiary/aromatic N) is 1. The smallest absolute Gasteiger partial charge is 0.227 e. The molecule has 1 N–H and O–H groups in total. The van der Waals surface area contributed by atoms with Crippen molar-refractivity contribution in [1.29, 1.82) is 0 Å². The third-order valence-electron chi connectivity index (χ3n) is 4.53. The molecule has 1 aromatic carbocycles. The van der Waals surface area contributed by atoms with Gasteiger partial charge in [-0.3, -0.25) is 4.79 Å². The van der Waals surface area contributed by atoms with Crippen molar-refractivity contribution < 1.29 is 9.32 Å². The van der Waals surface area contributed by atoms with E-state index in [2.05, 4.69) is 17.4 Å². The Labute approximate surface area is 124 Å². The fraction of sp³-hybridized carbons (Fsp3) is 0.529. The van der Waals surface area contributed by atoms with Crippen molar-refractivity contribution in [1.82, 2.24) is 5.16 Å². The maximum atomic E-state index is 12.4. The lowest BCUT2D eigenvalue weighted by Gasteiger charge is -2.27. The van der Waals surface area contributed by atoms with Crippen molar-refractivity contribution in [3.63, 3.8) is 0 Å². The number of hydrogen-bond acceptors (Lipinski definition) is 3. The molecule has 0 bridgehead atoms. The van der Waals surface area contributed by atoms with Crippen LogP contribution in [0.25, 0.3) is 11.0 Å². The molecular formula is C17H22N2O2. The third-order valence-corrected chi connectivity index (χ3v) is 4.53. The molecule has 4 heteroatoms. The first kappa shape index (κ1) is 14.1. The molecular weight excluding hydrogens is 264 g/mol. The normalized spacial score (nSPS) is 22.3. The lowest BCUT2D eigenvalue weighted by Crippen LogP contribution is -2.27. The molecule has 1 heterocycles. The second-order valence-electron chi connectivity index (χ2n) is 6.07. The molecule has 0 saturated heterocycles. The van der Waals surface area contributed by atoms with E-state index in [0.29, 0.717) is 0 Å². The van der Waals surface area contributed by atoms with Crippen LogP contribution in [0.1, 0.15) is 45.4 Å². The number of hydrogen-bond donors (Lipinski definition) is 1. The highest BCUT2D eigenvalue weighted by atomic mass is 16.5. The summed E-state index contributed by atoms with van der Waals surface area (Å²) in [7, 11) is 0. The molecule has 21 heavy (non-hydrogen) atoms. The van der Waals surface area contributed by atoms with Crippen molar-refractivity contribution in [2.75, 3.05) is 5.32 Å². The van der Waals surface area contributed by atoms with E-state index in [4.69, 9.17) is 4.52 Å². The summed E-state index contributed by atoms with van der Waals surface area (Å²) in [5.74, 6) is 1.14. The lowest BCUT2D eigenvalue weighted by atomic mass is 9.80. The van der Waals surface area contributed by atoms with Crippen LogP contribution < -0.4 is 5.32 Å². The Kier molecular flexibility index (Phi) is 4.23. The molecule has 0 aliphatic heterocycles. The summed E-state index contributed by atoms with van der Waals surface area (Å²) in [5, 5.41) is 7.70. The molecule has 112 valence electrons. The van der Waals surface area contributed by atoms with E-state index in [-0.39, 0.29) is 11.8 Å². The quantitative estimate of drug-likeness (QED) is 0.907. The van der Waals surface area contributed by atoms with Gasteiger partial charge in [-0.1, -0.05) is 24.9 Å². The van der Waals surface area contributed by atoms with Gasteiger partial charge in [0.2, 0.25) is 5.91 Å². The first-order valence-electron chi connectivity index (χ1n) is 7.91. The molecule has 1 saturated carbocycles. The SMILES string of the molecule is CCCC1CCC(C(=O)Nc2ccc3oncc3c2)CC1. The molecule has 4 nitrogen and oxygen atoms in total. The number of carbonyl (C=O) groups excluding carboxylic acids is 1. The highest BCUT2D eigenvalue weighted by Gasteiger charge is 2.25. The molecule has 0 atom stereocenters. The van der Waals surface area contributed by atoms with Gasteiger partial charge in [0.05, 0.1) is 6.20 Å². The standard InChI is InChI=1S/C17H22N2O2/c1-2-3-12-4-6-13(7-5-12)17(20)19-15-8-9-16-14(10-15)11-18-21-16/h8-13H,2-7H2,1H3,(H,19,20). The highest BCUT2D eigenvalue weighted by Crippen LogP contribution is 2.32. The van der Waals surface area contributed by atoms with E-state index in [1.807, 2.05) is 18.2 Å². The first-order chi connectivity index (χ1) is 10.3. The van der Waals surface area contributed by atoms with Gasteiger partial charge < -0.3 is 9.84 Å². The van der Waals surface area contributed by atoms with Gasteiger partial charge in [0.25, 0.3) is 0 Å². The Morgan fingerprint density at radius 1 is 1.33 bits per heavy atom. The number of nitrogens with one attached hydrogen (secondary N) is 1. The molecule has 2 aromatic rings. The van der Waals surface area contributed by atoms with Crippen LogP contribution >= 0.6 is 0 Å². The van der Waals surface area contributed by atoms with Gasteiger partial charge in [-0.25, -0.2) is 0 Å². The molecule has 3 rings (SSSR count). The number of benzene rings is 1. The second kappa shape index (κ2) is 6.29. The lowest BCUT2D eigenvalue weighted by molar-refractivity contribution is -0.121. The monoisotopic (exact) mass is 286 g/mol. The average Bonchev–Trinajstić information content (AvgIpc) is 2.96. The van der Waals surface area contributed by atoms with Crippen LogP contribution in [0.4, 0.5) is 5.69 Å². The van der Waals surface area contributed by atoms with E-state index < -0.39 is 0 Å². The summed E-state index contributed by atoms with van der Waals surface area (Å²) >= 11 is 0. The van der Waals surface area contributed by atoms with Gasteiger partial charge in [-0.15, -0.1) is 0 Å². The molecule has 0 unspecified atom stereocenters. The summed E-state index contributed by atoms with van der Waals surface area (Å²) in [6, 6.07) is 5.62.